The molecule has 1 N–H and O–H groups in total. The average Bonchev–Trinajstić information content (AvgIpc) is 2.42. The molecule has 0 aliphatic heterocycles. The third-order valence-electron chi connectivity index (χ3n) is 3.27. The minimum absolute atomic E-state index is 0.00740. The molecule has 1 atom stereocenters. The van der Waals surface area contributed by atoms with Gasteiger partial charge in [-0.2, -0.15) is 0 Å². The lowest BCUT2D eigenvalue weighted by molar-refractivity contribution is 0.0404. The van der Waals surface area contributed by atoms with Gasteiger partial charge in [-0.05, 0) is 68.1 Å². The number of nitrogens with one attached hydrogen (secondary N) is 1. The van der Waals surface area contributed by atoms with Crippen molar-refractivity contribution in [3.05, 3.63) is 22.4 Å². The Morgan fingerprint density at radius 1 is 1.27 bits per heavy atom. The molecule has 0 spiro atoms. The number of ether oxygens (including phenoxy) is 2. The monoisotopic (exact) mass is 436 g/mol. The van der Waals surface area contributed by atoms with Gasteiger partial charge in [0, 0.05) is 0 Å². The van der Waals surface area contributed by atoms with E-state index < -0.39 is 29.4 Å². The zero-order chi connectivity index (χ0) is 20.1. The molecule has 26 heavy (non-hydrogen) atoms. The molecule has 1 aromatic rings. The van der Waals surface area contributed by atoms with Crippen LogP contribution in [-0.4, -0.2) is 28.8 Å². The highest BCUT2D eigenvalue weighted by molar-refractivity contribution is 9.10. The smallest absolute Gasteiger partial charge is 0.408 e. The molecule has 8 heteroatoms. The maximum atomic E-state index is 13.2. The first-order chi connectivity index (χ1) is 11.8. The predicted octanol–water partition coefficient (Wildman–Crippen LogP) is 5.49. The first kappa shape index (κ1) is 22.6. The van der Waals surface area contributed by atoms with Gasteiger partial charge in [-0.25, -0.2) is 18.6 Å². The van der Waals surface area contributed by atoms with Crippen molar-refractivity contribution < 1.29 is 23.0 Å². The summed E-state index contributed by atoms with van der Waals surface area (Å²) in [5.41, 5.74) is -1.87. The van der Waals surface area contributed by atoms with Crippen molar-refractivity contribution in [2.45, 2.75) is 65.5 Å². The van der Waals surface area contributed by atoms with Gasteiger partial charge in [0.2, 0.25) is 0 Å². The first-order valence-corrected chi connectivity index (χ1v) is 9.19. The highest BCUT2D eigenvalue weighted by atomic mass is 79.9. The minimum Gasteiger partial charge on any atom is -0.489 e. The largest absolute Gasteiger partial charge is 0.489 e. The third kappa shape index (κ3) is 7.85. The first-order valence-electron chi connectivity index (χ1n) is 8.40. The number of aromatic nitrogens is 1. The zero-order valence-electron chi connectivity index (χ0n) is 16.0. The van der Waals surface area contributed by atoms with E-state index in [-0.39, 0.29) is 18.3 Å². The van der Waals surface area contributed by atoms with E-state index in [1.54, 1.807) is 27.7 Å². The number of halogens is 3. The van der Waals surface area contributed by atoms with E-state index in [9.17, 15) is 13.6 Å². The molecule has 1 rings (SSSR count). The molecule has 0 unspecified atom stereocenters. The molecule has 5 nitrogen and oxygen atoms in total. The van der Waals surface area contributed by atoms with Crippen LogP contribution in [-0.2, 0) is 4.74 Å². The molecule has 0 aromatic carbocycles. The van der Waals surface area contributed by atoms with Crippen molar-refractivity contribution in [3.63, 3.8) is 0 Å². The molecule has 0 radical (unpaired) electrons. The summed E-state index contributed by atoms with van der Waals surface area (Å²) in [4.78, 5) is 15.9. The number of hydrogen-bond acceptors (Lipinski definition) is 4. The van der Waals surface area contributed by atoms with Crippen molar-refractivity contribution in [3.8, 4) is 5.75 Å². The summed E-state index contributed by atoms with van der Waals surface area (Å²) in [6, 6.07) is 2.96. The normalized spacial score (nSPS) is 14.3. The molecule has 1 heterocycles. The van der Waals surface area contributed by atoms with Crippen LogP contribution in [0.15, 0.2) is 16.7 Å². The summed E-state index contributed by atoms with van der Waals surface area (Å²) in [6.45, 7) is 11.1. The Morgan fingerprint density at radius 3 is 2.38 bits per heavy atom. The van der Waals surface area contributed by atoms with E-state index in [1.165, 1.54) is 12.1 Å². The van der Waals surface area contributed by atoms with Crippen LogP contribution in [0.5, 0.6) is 5.75 Å². The molecule has 0 saturated carbocycles. The number of pyridine rings is 1. The van der Waals surface area contributed by atoms with E-state index in [2.05, 4.69) is 26.2 Å². The van der Waals surface area contributed by atoms with Gasteiger partial charge in [-0.15, -0.1) is 0 Å². The van der Waals surface area contributed by atoms with Gasteiger partial charge >= 0.3 is 6.09 Å². The molecular formula is C18H27BrF2N2O3. The van der Waals surface area contributed by atoms with E-state index in [0.717, 1.165) is 0 Å². The third-order valence-corrected chi connectivity index (χ3v) is 3.71. The Balaban J connectivity index is 2.93. The Kier molecular flexibility index (Phi) is 7.80. The molecule has 1 amide bonds. The van der Waals surface area contributed by atoms with Crippen LogP contribution in [0.2, 0.25) is 0 Å². The van der Waals surface area contributed by atoms with Crippen molar-refractivity contribution in [2.24, 2.45) is 5.92 Å². The van der Waals surface area contributed by atoms with E-state index in [4.69, 9.17) is 9.47 Å². The van der Waals surface area contributed by atoms with Crippen molar-refractivity contribution >= 4 is 22.0 Å². The van der Waals surface area contributed by atoms with Crippen LogP contribution in [0.4, 0.5) is 13.6 Å². The van der Waals surface area contributed by atoms with Gasteiger partial charge in [0.1, 0.15) is 28.3 Å². The number of amides is 1. The number of nitrogens with zero attached hydrogens (tertiary/aromatic N) is 1. The second-order valence-corrected chi connectivity index (χ2v) is 8.70. The lowest BCUT2D eigenvalue weighted by atomic mass is 9.91. The lowest BCUT2D eigenvalue weighted by Gasteiger charge is -2.33. The molecule has 0 aliphatic carbocycles. The van der Waals surface area contributed by atoms with Crippen LogP contribution in [0.3, 0.4) is 0 Å². The number of hydrogen-bond donors (Lipinski definition) is 1. The fourth-order valence-electron chi connectivity index (χ4n) is 2.55. The fourth-order valence-corrected chi connectivity index (χ4v) is 2.87. The summed E-state index contributed by atoms with van der Waals surface area (Å²) >= 11 is 3.08. The summed E-state index contributed by atoms with van der Waals surface area (Å²) < 4.78 is 37.6. The molecule has 0 aliphatic rings. The topological polar surface area (TPSA) is 60.5 Å². The maximum Gasteiger partial charge on any atom is 0.408 e. The van der Waals surface area contributed by atoms with E-state index in [0.29, 0.717) is 11.0 Å². The molecule has 0 fully saturated rings. The van der Waals surface area contributed by atoms with Gasteiger partial charge in [-0.1, -0.05) is 13.8 Å². The van der Waals surface area contributed by atoms with Gasteiger partial charge < -0.3 is 14.8 Å². The number of rotatable bonds is 7. The quantitative estimate of drug-likeness (QED) is 0.573. The summed E-state index contributed by atoms with van der Waals surface area (Å²) in [6.07, 6.45) is -2.76. The van der Waals surface area contributed by atoms with Crippen LogP contribution in [0.25, 0.3) is 0 Å². The Labute approximate surface area is 162 Å². The van der Waals surface area contributed by atoms with Crippen LogP contribution >= 0.6 is 15.9 Å². The van der Waals surface area contributed by atoms with Crippen molar-refractivity contribution in [1.29, 1.82) is 0 Å². The summed E-state index contributed by atoms with van der Waals surface area (Å²) in [5.74, 6) is 0.236. The van der Waals surface area contributed by atoms with Gasteiger partial charge in [-0.3, -0.25) is 0 Å². The zero-order valence-corrected chi connectivity index (χ0v) is 17.6. The van der Waals surface area contributed by atoms with Crippen LogP contribution in [0, 0.1) is 5.92 Å². The summed E-state index contributed by atoms with van der Waals surface area (Å²) in [5, 5.41) is 2.81. The maximum absolute atomic E-state index is 13.2. The van der Waals surface area contributed by atoms with E-state index >= 15 is 0 Å². The van der Waals surface area contributed by atoms with Crippen LogP contribution in [0.1, 0.15) is 60.1 Å². The molecular weight excluding hydrogens is 410 g/mol. The second kappa shape index (κ2) is 8.97. The van der Waals surface area contributed by atoms with Gasteiger partial charge in [0.15, 0.2) is 0 Å². The number of alkyl halides is 2. The Hall–Kier alpha value is -1.44. The van der Waals surface area contributed by atoms with Crippen molar-refractivity contribution in [1.82, 2.24) is 10.3 Å². The SMILES string of the molecule is CC(C)C[C@@](C)(COc1ccc(Br)nc1C(F)F)NC(=O)OC(C)(C)C. The molecule has 148 valence electrons. The number of alkyl carbamates (subject to hydrolysis) is 1. The molecule has 1 aromatic heterocycles. The van der Waals surface area contributed by atoms with Crippen molar-refractivity contribution in [2.75, 3.05) is 6.61 Å². The lowest BCUT2D eigenvalue weighted by Crippen LogP contribution is -2.52. The molecule has 0 saturated heterocycles. The Bertz CT molecular complexity index is 621. The summed E-state index contributed by atoms with van der Waals surface area (Å²) in [7, 11) is 0. The second-order valence-electron chi connectivity index (χ2n) is 7.89. The molecule has 0 bridgehead atoms. The fraction of sp³-hybridized carbons (Fsp3) is 0.667. The average molecular weight is 437 g/mol. The minimum atomic E-state index is -2.77. The Morgan fingerprint density at radius 2 is 1.88 bits per heavy atom. The number of carbonyl (C=O) groups excluding carboxylic acids is 1. The standard InChI is InChI=1S/C18H27BrF2N2O3/c1-11(2)9-18(6,23-16(24)26-17(3,4)5)10-25-12-7-8-13(19)22-14(12)15(20)21/h7-8,11,15H,9-10H2,1-6H3,(H,23,24)/t18-/m0/s1. The van der Waals surface area contributed by atoms with Gasteiger partial charge in [0.05, 0.1) is 5.54 Å². The van der Waals surface area contributed by atoms with Gasteiger partial charge in [0.25, 0.3) is 6.43 Å². The number of carbonyl (C=O) groups is 1. The van der Waals surface area contributed by atoms with Crippen LogP contribution < -0.4 is 10.1 Å². The predicted molar refractivity (Wildman–Crippen MR) is 99.6 cm³/mol. The highest BCUT2D eigenvalue weighted by Crippen LogP contribution is 2.30. The highest BCUT2D eigenvalue weighted by Gasteiger charge is 2.31. The van der Waals surface area contributed by atoms with E-state index in [1.807, 2.05) is 13.8 Å².